The Hall–Kier alpha value is -3.57. The van der Waals surface area contributed by atoms with Crippen LogP contribution < -0.4 is 21.5 Å². The molecule has 13 heteroatoms. The molecule has 8 nitrogen and oxygen atoms in total. The molecule has 0 spiro atoms. The van der Waals surface area contributed by atoms with E-state index in [1.54, 1.807) is 0 Å². The first kappa shape index (κ1) is 23.6. The summed E-state index contributed by atoms with van der Waals surface area (Å²) in [6.07, 6.45) is -4.99. The maximum atomic E-state index is 13.0. The molecular formula is C21H14Cl2F3N5O3. The highest BCUT2D eigenvalue weighted by molar-refractivity contribution is 6.35. The largest absolute Gasteiger partial charge is 0.416 e. The van der Waals surface area contributed by atoms with Crippen LogP contribution in [0, 0.1) is 0 Å². The molecule has 0 aliphatic carbocycles. The Morgan fingerprint density at radius 2 is 1.76 bits per heavy atom. The maximum absolute atomic E-state index is 13.0. The number of aromatic nitrogens is 2. The molecule has 2 aromatic carbocycles. The van der Waals surface area contributed by atoms with Gasteiger partial charge >= 0.3 is 6.18 Å². The average Bonchev–Trinajstić information content (AvgIpc) is 2.71. The maximum Gasteiger partial charge on any atom is 0.416 e. The van der Waals surface area contributed by atoms with Crippen LogP contribution in [0.2, 0.25) is 10.0 Å². The summed E-state index contributed by atoms with van der Waals surface area (Å²) in [6, 6.07) is 8.57. The Kier molecular flexibility index (Phi) is 6.24. The summed E-state index contributed by atoms with van der Waals surface area (Å²) in [6.45, 7) is 0. The number of H-pyrrole nitrogens is 1. The van der Waals surface area contributed by atoms with E-state index in [2.05, 4.69) is 25.9 Å². The van der Waals surface area contributed by atoms with Crippen molar-refractivity contribution in [2.75, 3.05) is 16.0 Å². The first-order valence-electron chi connectivity index (χ1n) is 9.65. The van der Waals surface area contributed by atoms with E-state index in [9.17, 15) is 27.6 Å². The fourth-order valence-electron chi connectivity index (χ4n) is 3.42. The highest BCUT2D eigenvalue weighted by Gasteiger charge is 2.35. The van der Waals surface area contributed by atoms with E-state index < -0.39 is 35.0 Å². The SMILES string of the molecule is O=C1CC(C(=O)Nc2cccc(C(F)(F)F)c2)c2c(nc(Nc3cc(Cl)cc(Cl)c3)[nH]c2=O)N1. The summed E-state index contributed by atoms with van der Waals surface area (Å²) in [5.74, 6) is -2.90. The number of hydrogen-bond acceptors (Lipinski definition) is 5. The molecule has 0 saturated carbocycles. The predicted molar refractivity (Wildman–Crippen MR) is 121 cm³/mol. The second-order valence-electron chi connectivity index (χ2n) is 7.33. The van der Waals surface area contributed by atoms with Gasteiger partial charge in [-0.25, -0.2) is 0 Å². The van der Waals surface area contributed by atoms with Gasteiger partial charge in [0.15, 0.2) is 0 Å². The molecule has 1 aliphatic rings. The molecule has 1 aliphatic heterocycles. The van der Waals surface area contributed by atoms with Gasteiger partial charge < -0.3 is 16.0 Å². The number of anilines is 4. The van der Waals surface area contributed by atoms with Crippen molar-refractivity contribution < 1.29 is 22.8 Å². The molecule has 1 unspecified atom stereocenters. The van der Waals surface area contributed by atoms with Gasteiger partial charge in [-0.3, -0.25) is 19.4 Å². The summed E-state index contributed by atoms with van der Waals surface area (Å²) < 4.78 is 38.9. The van der Waals surface area contributed by atoms with E-state index in [0.29, 0.717) is 15.7 Å². The van der Waals surface area contributed by atoms with E-state index in [-0.39, 0.29) is 29.4 Å². The lowest BCUT2D eigenvalue weighted by molar-refractivity contribution is -0.137. The van der Waals surface area contributed by atoms with Crippen molar-refractivity contribution in [3.8, 4) is 0 Å². The number of carbonyl (C=O) groups excluding carboxylic acids is 2. The minimum Gasteiger partial charge on any atom is -0.326 e. The number of aromatic amines is 1. The number of nitrogens with zero attached hydrogens (tertiary/aromatic N) is 1. The van der Waals surface area contributed by atoms with Crippen molar-refractivity contribution >= 4 is 58.2 Å². The van der Waals surface area contributed by atoms with Gasteiger partial charge in [0.25, 0.3) is 5.56 Å². The van der Waals surface area contributed by atoms with E-state index in [4.69, 9.17) is 23.2 Å². The normalized spacial score (nSPS) is 15.3. The van der Waals surface area contributed by atoms with Crippen molar-refractivity contribution in [3.63, 3.8) is 0 Å². The summed E-state index contributed by atoms with van der Waals surface area (Å²) in [5, 5.41) is 8.23. The topological polar surface area (TPSA) is 116 Å². The third kappa shape index (κ3) is 5.15. The third-order valence-corrected chi connectivity index (χ3v) is 5.29. The molecule has 0 radical (unpaired) electrons. The summed E-state index contributed by atoms with van der Waals surface area (Å²) in [5.41, 5.74) is -1.53. The van der Waals surface area contributed by atoms with Gasteiger partial charge in [0.2, 0.25) is 17.8 Å². The molecule has 4 rings (SSSR count). The molecule has 2 amide bonds. The first-order valence-corrected chi connectivity index (χ1v) is 10.4. The Morgan fingerprint density at radius 3 is 2.44 bits per heavy atom. The summed E-state index contributed by atoms with van der Waals surface area (Å²) >= 11 is 11.9. The van der Waals surface area contributed by atoms with Crippen LogP contribution in [0.5, 0.6) is 0 Å². The molecule has 3 aromatic rings. The Morgan fingerprint density at radius 1 is 1.06 bits per heavy atom. The van der Waals surface area contributed by atoms with Crippen molar-refractivity contribution in [2.24, 2.45) is 0 Å². The molecule has 0 saturated heterocycles. The number of halogens is 5. The summed E-state index contributed by atoms with van der Waals surface area (Å²) in [4.78, 5) is 44.5. The van der Waals surface area contributed by atoms with Gasteiger partial charge in [-0.05, 0) is 36.4 Å². The smallest absolute Gasteiger partial charge is 0.326 e. The lowest BCUT2D eigenvalue weighted by atomic mass is 9.92. The van der Waals surface area contributed by atoms with Crippen LogP contribution in [0.4, 0.5) is 36.3 Å². The second-order valence-corrected chi connectivity index (χ2v) is 8.21. The monoisotopic (exact) mass is 511 g/mol. The average molecular weight is 512 g/mol. The number of benzene rings is 2. The van der Waals surface area contributed by atoms with E-state index >= 15 is 0 Å². The van der Waals surface area contributed by atoms with Gasteiger partial charge in [-0.1, -0.05) is 29.3 Å². The minimum atomic E-state index is -4.60. The Bertz CT molecular complexity index is 1340. The van der Waals surface area contributed by atoms with Crippen LogP contribution in [0.1, 0.15) is 23.5 Å². The summed E-state index contributed by atoms with van der Waals surface area (Å²) in [7, 11) is 0. The van der Waals surface area contributed by atoms with Gasteiger partial charge in [-0.15, -0.1) is 0 Å². The fraction of sp³-hybridized carbons (Fsp3) is 0.143. The molecule has 2 heterocycles. The molecule has 4 N–H and O–H groups in total. The molecule has 1 aromatic heterocycles. The number of fused-ring (bicyclic) bond motifs is 1. The quantitative estimate of drug-likeness (QED) is 0.397. The van der Waals surface area contributed by atoms with E-state index in [1.807, 2.05) is 0 Å². The zero-order valence-corrected chi connectivity index (χ0v) is 18.4. The van der Waals surface area contributed by atoms with Crippen molar-refractivity contribution in [1.82, 2.24) is 9.97 Å². The van der Waals surface area contributed by atoms with E-state index in [1.165, 1.54) is 24.3 Å². The first-order chi connectivity index (χ1) is 16.0. The van der Waals surface area contributed by atoms with Crippen molar-refractivity contribution in [3.05, 3.63) is 74.0 Å². The Balaban J connectivity index is 1.63. The van der Waals surface area contributed by atoms with Crippen LogP contribution in [0.15, 0.2) is 47.3 Å². The van der Waals surface area contributed by atoms with E-state index in [0.717, 1.165) is 18.2 Å². The molecule has 176 valence electrons. The predicted octanol–water partition coefficient (Wildman–Crippen LogP) is 4.90. The number of nitrogens with one attached hydrogen (secondary N) is 4. The molecule has 0 fully saturated rings. The van der Waals surface area contributed by atoms with Crippen LogP contribution in [-0.2, 0) is 15.8 Å². The highest BCUT2D eigenvalue weighted by atomic mass is 35.5. The zero-order valence-electron chi connectivity index (χ0n) is 16.9. The van der Waals surface area contributed by atoms with Gasteiger partial charge in [0.05, 0.1) is 17.0 Å². The number of hydrogen-bond donors (Lipinski definition) is 4. The van der Waals surface area contributed by atoms with Crippen LogP contribution in [0.25, 0.3) is 0 Å². The fourth-order valence-corrected chi connectivity index (χ4v) is 3.95. The van der Waals surface area contributed by atoms with Gasteiger partial charge in [-0.2, -0.15) is 18.2 Å². The molecule has 34 heavy (non-hydrogen) atoms. The van der Waals surface area contributed by atoms with Gasteiger partial charge in [0.1, 0.15) is 5.82 Å². The zero-order chi connectivity index (χ0) is 24.6. The number of rotatable bonds is 4. The van der Waals surface area contributed by atoms with Crippen LogP contribution in [-0.4, -0.2) is 21.8 Å². The van der Waals surface area contributed by atoms with Gasteiger partial charge in [0, 0.05) is 27.8 Å². The number of alkyl halides is 3. The number of carbonyl (C=O) groups is 2. The van der Waals surface area contributed by atoms with Crippen LogP contribution in [0.3, 0.4) is 0 Å². The lowest BCUT2D eigenvalue weighted by Crippen LogP contribution is -2.36. The molecule has 0 bridgehead atoms. The Labute approximate surface area is 199 Å². The van der Waals surface area contributed by atoms with Crippen molar-refractivity contribution in [1.29, 1.82) is 0 Å². The second kappa shape index (κ2) is 8.99. The molecular weight excluding hydrogens is 498 g/mol. The minimum absolute atomic E-state index is 0.0543. The standard InChI is InChI=1S/C21H14Cl2F3N5O3/c22-10-5-11(23)7-13(6-10)28-20-30-17-16(19(34)31-20)14(8-15(32)29-17)18(33)27-12-3-1-2-9(4-12)21(24,25)26/h1-7,14H,8H2,(H,27,33)(H3,28,29,30,31,32,34). The number of amides is 2. The van der Waals surface area contributed by atoms with Crippen LogP contribution >= 0.6 is 23.2 Å². The van der Waals surface area contributed by atoms with Crippen molar-refractivity contribution in [2.45, 2.75) is 18.5 Å². The molecule has 1 atom stereocenters. The third-order valence-electron chi connectivity index (χ3n) is 4.85. The highest BCUT2D eigenvalue weighted by Crippen LogP contribution is 2.33. The lowest BCUT2D eigenvalue weighted by Gasteiger charge is -2.24.